The van der Waals surface area contributed by atoms with Gasteiger partial charge in [-0.05, 0) is 13.5 Å². The van der Waals surface area contributed by atoms with Crippen molar-refractivity contribution < 1.29 is 19.4 Å². The minimum absolute atomic E-state index is 0.0475. The Kier molecular flexibility index (Phi) is 8.35. The number of nitrogens with one attached hydrogen (secondary N) is 1. The highest BCUT2D eigenvalue weighted by Gasteiger charge is 2.18. The van der Waals surface area contributed by atoms with Crippen LogP contribution in [0.25, 0.3) is 0 Å². The van der Waals surface area contributed by atoms with Gasteiger partial charge in [-0.2, -0.15) is 0 Å². The molecule has 0 saturated heterocycles. The summed E-state index contributed by atoms with van der Waals surface area (Å²) < 4.78 is 4.85. The standard InChI is InChI=1S/C11H22N2O4/c1-4-12-9(2)7-10(14)13(5-6-17-3)8-11(15)16/h9,12H,4-8H2,1-3H3,(H,15,16). The Bertz CT molecular complexity index is 246. The largest absolute Gasteiger partial charge is 0.480 e. The first-order chi connectivity index (χ1) is 8.01. The Morgan fingerprint density at radius 2 is 2.12 bits per heavy atom. The molecule has 100 valence electrons. The molecule has 0 spiro atoms. The highest BCUT2D eigenvalue weighted by atomic mass is 16.5. The van der Waals surface area contributed by atoms with Crippen LogP contribution >= 0.6 is 0 Å². The van der Waals surface area contributed by atoms with Crippen LogP contribution < -0.4 is 5.32 Å². The lowest BCUT2D eigenvalue weighted by Crippen LogP contribution is -2.41. The monoisotopic (exact) mass is 246 g/mol. The second kappa shape index (κ2) is 8.95. The SMILES string of the molecule is CCNC(C)CC(=O)N(CCOC)CC(=O)O. The fourth-order valence-electron chi connectivity index (χ4n) is 1.47. The normalized spacial score (nSPS) is 12.2. The van der Waals surface area contributed by atoms with Crippen LogP contribution in [0.1, 0.15) is 20.3 Å². The summed E-state index contributed by atoms with van der Waals surface area (Å²) in [6.45, 7) is 5.01. The lowest BCUT2D eigenvalue weighted by molar-refractivity contribution is -0.145. The van der Waals surface area contributed by atoms with Crippen LogP contribution in [0.3, 0.4) is 0 Å². The van der Waals surface area contributed by atoms with Crippen LogP contribution in [-0.4, -0.2) is 61.3 Å². The first-order valence-corrected chi connectivity index (χ1v) is 5.73. The minimum Gasteiger partial charge on any atom is -0.480 e. The third-order valence-electron chi connectivity index (χ3n) is 2.28. The van der Waals surface area contributed by atoms with E-state index >= 15 is 0 Å². The molecule has 0 radical (unpaired) electrons. The van der Waals surface area contributed by atoms with E-state index in [4.69, 9.17) is 9.84 Å². The van der Waals surface area contributed by atoms with Gasteiger partial charge in [0.25, 0.3) is 0 Å². The summed E-state index contributed by atoms with van der Waals surface area (Å²) >= 11 is 0. The summed E-state index contributed by atoms with van der Waals surface area (Å²) in [7, 11) is 1.52. The smallest absolute Gasteiger partial charge is 0.323 e. The maximum Gasteiger partial charge on any atom is 0.323 e. The summed E-state index contributed by atoms with van der Waals surface area (Å²) in [5, 5.41) is 11.8. The van der Waals surface area contributed by atoms with E-state index in [2.05, 4.69) is 5.32 Å². The molecule has 0 aliphatic carbocycles. The summed E-state index contributed by atoms with van der Waals surface area (Å²) in [6.07, 6.45) is 0.296. The molecule has 6 nitrogen and oxygen atoms in total. The van der Waals surface area contributed by atoms with Gasteiger partial charge in [0.15, 0.2) is 0 Å². The van der Waals surface area contributed by atoms with E-state index in [9.17, 15) is 9.59 Å². The molecule has 0 aliphatic heterocycles. The number of nitrogens with zero attached hydrogens (tertiary/aromatic N) is 1. The van der Waals surface area contributed by atoms with E-state index in [0.29, 0.717) is 19.6 Å². The van der Waals surface area contributed by atoms with Gasteiger partial charge < -0.3 is 20.1 Å². The van der Waals surface area contributed by atoms with Gasteiger partial charge in [-0.3, -0.25) is 9.59 Å². The topological polar surface area (TPSA) is 78.9 Å². The van der Waals surface area contributed by atoms with Crippen LogP contribution in [0.4, 0.5) is 0 Å². The number of hydrogen-bond donors (Lipinski definition) is 2. The van der Waals surface area contributed by atoms with Crippen molar-refractivity contribution in [2.24, 2.45) is 0 Å². The maximum absolute atomic E-state index is 11.8. The van der Waals surface area contributed by atoms with E-state index in [0.717, 1.165) is 6.54 Å². The molecule has 1 unspecified atom stereocenters. The number of carboxylic acids is 1. The van der Waals surface area contributed by atoms with E-state index in [1.54, 1.807) is 0 Å². The third-order valence-corrected chi connectivity index (χ3v) is 2.28. The Hall–Kier alpha value is -1.14. The number of rotatable bonds is 9. The minimum atomic E-state index is -1.01. The van der Waals surface area contributed by atoms with E-state index in [1.807, 2.05) is 13.8 Å². The lowest BCUT2D eigenvalue weighted by Gasteiger charge is -2.22. The Balaban J connectivity index is 4.25. The average molecular weight is 246 g/mol. The van der Waals surface area contributed by atoms with Crippen molar-refractivity contribution in [2.75, 3.05) is 33.4 Å². The molecule has 0 bridgehead atoms. The molecule has 0 aromatic heterocycles. The van der Waals surface area contributed by atoms with Crippen molar-refractivity contribution in [2.45, 2.75) is 26.3 Å². The average Bonchev–Trinajstić information content (AvgIpc) is 2.23. The van der Waals surface area contributed by atoms with Gasteiger partial charge >= 0.3 is 5.97 Å². The summed E-state index contributed by atoms with van der Waals surface area (Å²) in [5.41, 5.74) is 0. The molecule has 2 N–H and O–H groups in total. The zero-order chi connectivity index (χ0) is 13.3. The van der Waals surface area contributed by atoms with Gasteiger partial charge in [0.1, 0.15) is 6.54 Å². The van der Waals surface area contributed by atoms with Crippen molar-refractivity contribution >= 4 is 11.9 Å². The molecule has 1 atom stereocenters. The molecule has 0 aromatic rings. The molecule has 0 fully saturated rings. The van der Waals surface area contributed by atoms with Crippen molar-refractivity contribution in [1.29, 1.82) is 0 Å². The number of amides is 1. The van der Waals surface area contributed by atoms with Crippen LogP contribution in [0.2, 0.25) is 0 Å². The number of methoxy groups -OCH3 is 1. The second-order valence-corrected chi connectivity index (χ2v) is 3.86. The zero-order valence-electron chi connectivity index (χ0n) is 10.7. The van der Waals surface area contributed by atoms with Crippen molar-refractivity contribution in [3.05, 3.63) is 0 Å². The third kappa shape index (κ3) is 7.70. The lowest BCUT2D eigenvalue weighted by atomic mass is 10.2. The van der Waals surface area contributed by atoms with Gasteiger partial charge in [-0.1, -0.05) is 6.92 Å². The van der Waals surface area contributed by atoms with Crippen LogP contribution in [-0.2, 0) is 14.3 Å². The zero-order valence-corrected chi connectivity index (χ0v) is 10.7. The Morgan fingerprint density at radius 1 is 1.47 bits per heavy atom. The first-order valence-electron chi connectivity index (χ1n) is 5.73. The molecule has 6 heteroatoms. The van der Waals surface area contributed by atoms with Crippen molar-refractivity contribution in [3.63, 3.8) is 0 Å². The molecular formula is C11H22N2O4. The predicted molar refractivity (Wildman–Crippen MR) is 63.8 cm³/mol. The van der Waals surface area contributed by atoms with Gasteiger partial charge in [-0.15, -0.1) is 0 Å². The van der Waals surface area contributed by atoms with E-state index in [-0.39, 0.29) is 18.5 Å². The number of carbonyl (C=O) groups excluding carboxylic acids is 1. The second-order valence-electron chi connectivity index (χ2n) is 3.86. The Morgan fingerprint density at radius 3 is 2.59 bits per heavy atom. The molecule has 0 heterocycles. The quantitative estimate of drug-likeness (QED) is 0.595. The predicted octanol–water partition coefficient (Wildman–Crippen LogP) is -0.0659. The van der Waals surface area contributed by atoms with Gasteiger partial charge in [0.2, 0.25) is 5.91 Å². The number of carbonyl (C=O) groups is 2. The Labute approximate surface area is 102 Å². The van der Waals surface area contributed by atoms with E-state index < -0.39 is 5.97 Å². The number of ether oxygens (including phenoxy) is 1. The van der Waals surface area contributed by atoms with Crippen LogP contribution in [0.15, 0.2) is 0 Å². The number of hydrogen-bond acceptors (Lipinski definition) is 4. The molecule has 1 amide bonds. The first kappa shape index (κ1) is 15.9. The van der Waals surface area contributed by atoms with Gasteiger partial charge in [0, 0.05) is 26.1 Å². The van der Waals surface area contributed by atoms with E-state index in [1.165, 1.54) is 12.0 Å². The fraction of sp³-hybridized carbons (Fsp3) is 0.818. The van der Waals surface area contributed by atoms with Crippen molar-refractivity contribution in [3.8, 4) is 0 Å². The summed E-state index contributed by atoms with van der Waals surface area (Å²) in [6, 6.07) is 0.0475. The fourth-order valence-corrected chi connectivity index (χ4v) is 1.47. The number of aliphatic carboxylic acids is 1. The highest BCUT2D eigenvalue weighted by molar-refractivity contribution is 5.81. The van der Waals surface area contributed by atoms with Crippen molar-refractivity contribution in [1.82, 2.24) is 10.2 Å². The summed E-state index contributed by atoms with van der Waals surface area (Å²) in [4.78, 5) is 23.8. The molecule has 17 heavy (non-hydrogen) atoms. The molecule has 0 rings (SSSR count). The number of carboxylic acid groups (broad SMARTS) is 1. The summed E-state index contributed by atoms with van der Waals surface area (Å²) in [5.74, 6) is -1.18. The molecular weight excluding hydrogens is 224 g/mol. The van der Waals surface area contributed by atoms with Crippen LogP contribution in [0.5, 0.6) is 0 Å². The highest BCUT2D eigenvalue weighted by Crippen LogP contribution is 1.99. The van der Waals surface area contributed by atoms with Crippen LogP contribution in [0, 0.1) is 0 Å². The molecule has 0 aliphatic rings. The maximum atomic E-state index is 11.8. The van der Waals surface area contributed by atoms with Gasteiger partial charge in [-0.25, -0.2) is 0 Å². The molecule has 0 aromatic carbocycles. The molecule has 0 saturated carbocycles. The van der Waals surface area contributed by atoms with Gasteiger partial charge in [0.05, 0.1) is 6.61 Å².